The number of halogens is 1. The molecule has 0 aromatic heterocycles. The Bertz CT molecular complexity index is 815. The van der Waals surface area contributed by atoms with Gasteiger partial charge in [-0.2, -0.15) is 18.4 Å². The van der Waals surface area contributed by atoms with E-state index in [2.05, 4.69) is 25.9 Å². The fourth-order valence-corrected chi connectivity index (χ4v) is 3.06. The molecule has 2 aromatic rings. The average molecular weight is 382 g/mol. The summed E-state index contributed by atoms with van der Waals surface area (Å²) in [6, 6.07) is 11.9. The van der Waals surface area contributed by atoms with E-state index in [1.54, 1.807) is 31.2 Å². The van der Waals surface area contributed by atoms with Crippen molar-refractivity contribution < 1.29 is 8.42 Å². The molecule has 0 aliphatic carbocycles. The van der Waals surface area contributed by atoms with Gasteiger partial charge in [-0.3, -0.25) is 0 Å². The lowest BCUT2D eigenvalue weighted by Gasteiger charge is -2.08. The van der Waals surface area contributed by atoms with Crippen LogP contribution in [-0.2, 0) is 10.0 Å². The van der Waals surface area contributed by atoms with Crippen LogP contribution in [0.5, 0.6) is 0 Å². The van der Waals surface area contributed by atoms with Gasteiger partial charge >= 0.3 is 0 Å². The van der Waals surface area contributed by atoms with Gasteiger partial charge in [0.05, 0.1) is 10.6 Å². The number of nitrogens with two attached hydrogens (primary N) is 1. The molecule has 0 amide bonds. The molecule has 22 heavy (non-hydrogen) atoms. The lowest BCUT2D eigenvalue weighted by atomic mass is 10.1. The van der Waals surface area contributed by atoms with E-state index in [4.69, 9.17) is 5.73 Å². The van der Waals surface area contributed by atoms with Gasteiger partial charge in [0.15, 0.2) is 0 Å². The molecule has 116 valence electrons. The molecule has 0 aliphatic heterocycles. The van der Waals surface area contributed by atoms with E-state index in [0.29, 0.717) is 17.0 Å². The number of nitrogen functional groups attached to an aromatic ring is 1. The predicted octanol–water partition coefficient (Wildman–Crippen LogP) is 3.04. The summed E-state index contributed by atoms with van der Waals surface area (Å²) in [5.74, 6) is 0. The maximum Gasteiger partial charge on any atom is 0.276 e. The molecule has 0 saturated heterocycles. The summed E-state index contributed by atoms with van der Waals surface area (Å²) in [5, 5.41) is 3.94. The molecule has 3 N–H and O–H groups in total. The largest absolute Gasteiger partial charge is 0.398 e. The van der Waals surface area contributed by atoms with Gasteiger partial charge in [0.25, 0.3) is 10.0 Å². The van der Waals surface area contributed by atoms with E-state index in [1.807, 2.05) is 13.0 Å². The molecule has 2 rings (SSSR count). The SMILES string of the molecule is CC(=NNS(=O)(=O)c1ccc(C)cc1)c1ccc(Br)cc1N. The molecule has 0 radical (unpaired) electrons. The highest BCUT2D eigenvalue weighted by Gasteiger charge is 2.13. The molecule has 0 fully saturated rings. The van der Waals surface area contributed by atoms with E-state index in [0.717, 1.165) is 10.0 Å². The number of nitrogens with zero attached hydrogens (tertiary/aromatic N) is 1. The number of hydrogen-bond acceptors (Lipinski definition) is 4. The van der Waals surface area contributed by atoms with E-state index < -0.39 is 10.0 Å². The van der Waals surface area contributed by atoms with Gasteiger partial charge in [0.1, 0.15) is 0 Å². The van der Waals surface area contributed by atoms with Crippen LogP contribution in [0.4, 0.5) is 5.69 Å². The summed E-state index contributed by atoms with van der Waals surface area (Å²) in [7, 11) is -3.69. The fourth-order valence-electron chi connectivity index (χ4n) is 1.82. The van der Waals surface area contributed by atoms with Gasteiger partial charge in [-0.05, 0) is 44.2 Å². The van der Waals surface area contributed by atoms with Crippen molar-refractivity contribution in [2.45, 2.75) is 18.7 Å². The highest BCUT2D eigenvalue weighted by atomic mass is 79.9. The Labute approximate surface area is 138 Å². The molecule has 2 aromatic carbocycles. The van der Waals surface area contributed by atoms with E-state index in [1.165, 1.54) is 12.1 Å². The Morgan fingerprint density at radius 1 is 1.18 bits per heavy atom. The quantitative estimate of drug-likeness (QED) is 0.484. The Morgan fingerprint density at radius 3 is 2.41 bits per heavy atom. The second-order valence-corrected chi connectivity index (χ2v) is 7.41. The van der Waals surface area contributed by atoms with E-state index >= 15 is 0 Å². The van der Waals surface area contributed by atoms with E-state index in [9.17, 15) is 8.42 Å². The van der Waals surface area contributed by atoms with Crippen molar-refractivity contribution in [1.29, 1.82) is 0 Å². The molecule has 0 bridgehead atoms. The molecule has 0 spiro atoms. The van der Waals surface area contributed by atoms with Crippen molar-refractivity contribution in [1.82, 2.24) is 4.83 Å². The Morgan fingerprint density at radius 2 is 1.82 bits per heavy atom. The second-order valence-electron chi connectivity index (χ2n) is 4.84. The Hall–Kier alpha value is -1.86. The van der Waals surface area contributed by atoms with Crippen LogP contribution in [-0.4, -0.2) is 14.1 Å². The number of sulfonamides is 1. The van der Waals surface area contributed by atoms with Crippen molar-refractivity contribution in [3.8, 4) is 0 Å². The first-order valence-corrected chi connectivity index (χ1v) is 8.75. The lowest BCUT2D eigenvalue weighted by molar-refractivity contribution is 0.584. The first-order valence-electron chi connectivity index (χ1n) is 6.48. The molecule has 7 heteroatoms. The van der Waals surface area contributed by atoms with Gasteiger partial charge in [-0.15, -0.1) is 0 Å². The minimum absolute atomic E-state index is 0.165. The van der Waals surface area contributed by atoms with Crippen molar-refractivity contribution >= 4 is 37.4 Å². The summed E-state index contributed by atoms with van der Waals surface area (Å²) >= 11 is 3.32. The predicted molar refractivity (Wildman–Crippen MR) is 92.3 cm³/mol. The van der Waals surface area contributed by atoms with Crippen LogP contribution in [0.2, 0.25) is 0 Å². The summed E-state index contributed by atoms with van der Waals surface area (Å²) in [5.41, 5.74) is 8.57. The Kier molecular flexibility index (Phi) is 4.87. The zero-order chi connectivity index (χ0) is 16.3. The number of rotatable bonds is 4. The lowest BCUT2D eigenvalue weighted by Crippen LogP contribution is -2.20. The highest BCUT2D eigenvalue weighted by molar-refractivity contribution is 9.10. The number of nitrogens with one attached hydrogen (secondary N) is 1. The number of hydrogen-bond donors (Lipinski definition) is 2. The number of anilines is 1. The van der Waals surface area contributed by atoms with Crippen LogP contribution < -0.4 is 10.6 Å². The maximum absolute atomic E-state index is 12.2. The summed E-state index contributed by atoms with van der Waals surface area (Å²) in [4.78, 5) is 2.39. The van der Waals surface area contributed by atoms with Crippen LogP contribution >= 0.6 is 15.9 Å². The molecule has 5 nitrogen and oxygen atoms in total. The number of benzene rings is 2. The zero-order valence-electron chi connectivity index (χ0n) is 12.2. The molecule has 0 atom stereocenters. The third-order valence-electron chi connectivity index (χ3n) is 3.07. The monoisotopic (exact) mass is 381 g/mol. The van der Waals surface area contributed by atoms with Crippen molar-refractivity contribution in [3.63, 3.8) is 0 Å². The van der Waals surface area contributed by atoms with Crippen LogP contribution in [0.1, 0.15) is 18.1 Å². The van der Waals surface area contributed by atoms with Gasteiger partial charge in [0, 0.05) is 15.7 Å². The van der Waals surface area contributed by atoms with Crippen LogP contribution in [0, 0.1) is 6.92 Å². The third kappa shape index (κ3) is 3.86. The van der Waals surface area contributed by atoms with Crippen molar-refractivity contribution in [2.24, 2.45) is 5.10 Å². The minimum Gasteiger partial charge on any atom is -0.398 e. The molecule has 0 saturated carbocycles. The molecular formula is C15H16BrN3O2S. The maximum atomic E-state index is 12.2. The number of hydrazone groups is 1. The zero-order valence-corrected chi connectivity index (χ0v) is 14.6. The van der Waals surface area contributed by atoms with E-state index in [-0.39, 0.29) is 4.90 Å². The molecule has 0 heterocycles. The molecular weight excluding hydrogens is 366 g/mol. The first-order chi connectivity index (χ1) is 10.3. The summed E-state index contributed by atoms with van der Waals surface area (Å²) in [6.45, 7) is 3.58. The number of aryl methyl sites for hydroxylation is 1. The average Bonchev–Trinajstić information content (AvgIpc) is 2.45. The van der Waals surface area contributed by atoms with Crippen LogP contribution in [0.15, 0.2) is 56.9 Å². The third-order valence-corrected chi connectivity index (χ3v) is 4.79. The topological polar surface area (TPSA) is 84.5 Å². The first kappa shape index (κ1) is 16.5. The molecule has 0 aliphatic rings. The van der Waals surface area contributed by atoms with Gasteiger partial charge < -0.3 is 5.73 Å². The smallest absolute Gasteiger partial charge is 0.276 e. The molecule has 0 unspecified atom stereocenters. The minimum atomic E-state index is -3.69. The van der Waals surface area contributed by atoms with Crippen molar-refractivity contribution in [2.75, 3.05) is 5.73 Å². The van der Waals surface area contributed by atoms with Crippen LogP contribution in [0.3, 0.4) is 0 Å². The summed E-state index contributed by atoms with van der Waals surface area (Å²) < 4.78 is 25.2. The van der Waals surface area contributed by atoms with Crippen LogP contribution in [0.25, 0.3) is 0 Å². The highest BCUT2D eigenvalue weighted by Crippen LogP contribution is 2.19. The Balaban J connectivity index is 2.24. The summed E-state index contributed by atoms with van der Waals surface area (Å²) in [6.07, 6.45) is 0. The van der Waals surface area contributed by atoms with Gasteiger partial charge in [-0.25, -0.2) is 0 Å². The van der Waals surface area contributed by atoms with Gasteiger partial charge in [0.2, 0.25) is 0 Å². The standard InChI is InChI=1S/C15H16BrN3O2S/c1-10-3-6-13(7-4-10)22(20,21)19-18-11(2)14-8-5-12(16)9-15(14)17/h3-9,19H,17H2,1-2H3. The van der Waals surface area contributed by atoms with Crippen molar-refractivity contribution in [3.05, 3.63) is 58.1 Å². The van der Waals surface area contributed by atoms with Gasteiger partial charge in [-0.1, -0.05) is 33.6 Å². The normalized spacial score (nSPS) is 12.2. The fraction of sp³-hybridized carbons (Fsp3) is 0.133. The second kappa shape index (κ2) is 6.50.